The van der Waals surface area contributed by atoms with Crippen molar-refractivity contribution in [2.24, 2.45) is 0 Å². The van der Waals surface area contributed by atoms with Crippen molar-refractivity contribution in [1.29, 1.82) is 5.26 Å². The van der Waals surface area contributed by atoms with E-state index in [9.17, 15) is 5.26 Å². The molecule has 210 valence electrons. The third-order valence-corrected chi connectivity index (χ3v) is 8.97. The van der Waals surface area contributed by atoms with Gasteiger partial charge in [0, 0.05) is 54.9 Å². The third kappa shape index (κ3) is 5.21. The van der Waals surface area contributed by atoms with E-state index >= 15 is 0 Å². The van der Waals surface area contributed by atoms with Crippen molar-refractivity contribution in [2.75, 3.05) is 49.1 Å². The van der Waals surface area contributed by atoms with E-state index in [0.717, 1.165) is 63.6 Å². The lowest BCUT2D eigenvalue weighted by Gasteiger charge is -2.38. The molecule has 0 aliphatic carbocycles. The van der Waals surface area contributed by atoms with Crippen molar-refractivity contribution in [2.45, 2.75) is 70.6 Å². The molecule has 2 aromatic carbocycles. The van der Waals surface area contributed by atoms with Crippen LogP contribution in [0.1, 0.15) is 51.3 Å². The number of benzene rings is 2. The highest BCUT2D eigenvalue weighted by Gasteiger charge is 2.39. The molecule has 8 heteroatoms. The topological polar surface area (TPSA) is 80.5 Å². The quantitative estimate of drug-likeness (QED) is 0.469. The SMILES string of the molecule is CC(C)N1CCC[C@@]1(C)COc1nc2c(c(N3CCNC(CC#N)C3)n1)CCN(c1cccc3ccccc13)C2. The molecule has 40 heavy (non-hydrogen) atoms. The van der Waals surface area contributed by atoms with Crippen molar-refractivity contribution in [3.8, 4) is 12.1 Å². The molecule has 3 aliphatic heterocycles. The summed E-state index contributed by atoms with van der Waals surface area (Å²) in [5.74, 6) is 0.985. The molecule has 4 heterocycles. The number of nitriles is 1. The van der Waals surface area contributed by atoms with Crippen molar-refractivity contribution in [3.63, 3.8) is 0 Å². The molecule has 1 aromatic heterocycles. The molecule has 3 aliphatic rings. The van der Waals surface area contributed by atoms with E-state index in [1.165, 1.54) is 28.4 Å². The highest BCUT2D eigenvalue weighted by molar-refractivity contribution is 5.94. The zero-order valence-electron chi connectivity index (χ0n) is 24.1. The van der Waals surface area contributed by atoms with Gasteiger partial charge in [-0.25, -0.2) is 0 Å². The van der Waals surface area contributed by atoms with Crippen LogP contribution in [0, 0.1) is 11.3 Å². The normalized spacial score (nSPS) is 23.4. The minimum absolute atomic E-state index is 0.0183. The average molecular weight is 540 g/mol. The lowest BCUT2D eigenvalue weighted by molar-refractivity contribution is 0.0623. The number of likely N-dealkylation sites (tertiary alicyclic amines) is 1. The first-order valence-corrected chi connectivity index (χ1v) is 14.8. The first kappa shape index (κ1) is 26.8. The molecule has 0 amide bonds. The van der Waals surface area contributed by atoms with Gasteiger partial charge in [0.15, 0.2) is 0 Å². The number of nitrogens with one attached hydrogen (secondary N) is 1. The molecule has 1 N–H and O–H groups in total. The molecule has 0 bridgehead atoms. The maximum atomic E-state index is 9.32. The fourth-order valence-corrected chi connectivity index (χ4v) is 6.97. The number of hydrogen-bond donors (Lipinski definition) is 1. The van der Waals surface area contributed by atoms with E-state index in [0.29, 0.717) is 25.1 Å². The third-order valence-electron chi connectivity index (χ3n) is 8.97. The Morgan fingerprint density at radius 1 is 1.10 bits per heavy atom. The molecule has 0 radical (unpaired) electrons. The predicted octanol–water partition coefficient (Wildman–Crippen LogP) is 4.53. The molecular weight excluding hydrogens is 498 g/mol. The van der Waals surface area contributed by atoms with E-state index in [4.69, 9.17) is 14.7 Å². The summed E-state index contributed by atoms with van der Waals surface area (Å²) in [6.45, 7) is 12.6. The van der Waals surface area contributed by atoms with Gasteiger partial charge in [0.05, 0.1) is 30.3 Å². The number of nitrogens with zero attached hydrogens (tertiary/aromatic N) is 6. The number of rotatable bonds is 7. The largest absolute Gasteiger partial charge is 0.461 e. The Labute approximate surface area is 237 Å². The molecule has 2 fully saturated rings. The summed E-state index contributed by atoms with van der Waals surface area (Å²) in [6.07, 6.45) is 3.67. The summed E-state index contributed by atoms with van der Waals surface area (Å²) >= 11 is 0. The smallest absolute Gasteiger partial charge is 0.318 e. The number of ether oxygens (including phenoxy) is 1. The van der Waals surface area contributed by atoms with Crippen molar-refractivity contribution in [1.82, 2.24) is 20.2 Å². The van der Waals surface area contributed by atoms with Crippen LogP contribution in [0.15, 0.2) is 42.5 Å². The van der Waals surface area contributed by atoms with Crippen molar-refractivity contribution in [3.05, 3.63) is 53.7 Å². The van der Waals surface area contributed by atoms with E-state index < -0.39 is 0 Å². The summed E-state index contributed by atoms with van der Waals surface area (Å²) in [4.78, 5) is 17.5. The van der Waals surface area contributed by atoms with Crippen LogP contribution < -0.4 is 19.9 Å². The summed E-state index contributed by atoms with van der Waals surface area (Å²) in [5, 5.41) is 15.3. The fourth-order valence-electron chi connectivity index (χ4n) is 6.97. The molecule has 2 saturated heterocycles. The minimum Gasteiger partial charge on any atom is -0.461 e. The lowest BCUT2D eigenvalue weighted by atomic mass is 9.99. The van der Waals surface area contributed by atoms with E-state index in [-0.39, 0.29) is 11.6 Å². The Morgan fingerprint density at radius 2 is 1.95 bits per heavy atom. The highest BCUT2D eigenvalue weighted by Crippen LogP contribution is 2.35. The minimum atomic E-state index is -0.0183. The fraction of sp³-hybridized carbons (Fsp3) is 0.531. The number of fused-ring (bicyclic) bond motifs is 2. The summed E-state index contributed by atoms with van der Waals surface area (Å²) in [6, 6.07) is 18.6. The molecular formula is C32H41N7O. The molecule has 2 atom stereocenters. The van der Waals surface area contributed by atoms with Crippen LogP contribution in [0.2, 0.25) is 0 Å². The van der Waals surface area contributed by atoms with Gasteiger partial charge in [0.2, 0.25) is 0 Å². The number of anilines is 2. The van der Waals surface area contributed by atoms with Gasteiger partial charge in [-0.3, -0.25) is 4.90 Å². The van der Waals surface area contributed by atoms with Crippen molar-refractivity contribution < 1.29 is 4.74 Å². The maximum absolute atomic E-state index is 9.32. The highest BCUT2D eigenvalue weighted by atomic mass is 16.5. The zero-order chi connectivity index (χ0) is 27.7. The van der Waals surface area contributed by atoms with Crippen molar-refractivity contribution >= 4 is 22.3 Å². The van der Waals surface area contributed by atoms with Crippen LogP contribution in [0.3, 0.4) is 0 Å². The second kappa shape index (κ2) is 11.2. The first-order valence-electron chi connectivity index (χ1n) is 14.8. The van der Waals surface area contributed by atoms with Gasteiger partial charge >= 0.3 is 6.01 Å². The van der Waals surface area contributed by atoms with Gasteiger partial charge in [-0.1, -0.05) is 36.4 Å². The van der Waals surface area contributed by atoms with Gasteiger partial charge in [0.1, 0.15) is 12.4 Å². The number of piperazine rings is 1. The predicted molar refractivity (Wildman–Crippen MR) is 160 cm³/mol. The Hall–Kier alpha value is -3.41. The van der Waals surface area contributed by atoms with Gasteiger partial charge in [-0.15, -0.1) is 0 Å². The van der Waals surface area contributed by atoms with Crippen LogP contribution >= 0.6 is 0 Å². The van der Waals surface area contributed by atoms with Gasteiger partial charge in [-0.2, -0.15) is 15.2 Å². The lowest BCUT2D eigenvalue weighted by Crippen LogP contribution is -2.51. The van der Waals surface area contributed by atoms with Crippen LogP contribution in [-0.4, -0.2) is 71.8 Å². The number of hydrogen-bond acceptors (Lipinski definition) is 8. The Bertz CT molecular complexity index is 1400. The summed E-state index contributed by atoms with van der Waals surface area (Å²) < 4.78 is 6.48. The van der Waals surface area contributed by atoms with Gasteiger partial charge < -0.3 is 19.9 Å². The van der Waals surface area contributed by atoms with E-state index in [1.807, 2.05) is 0 Å². The van der Waals surface area contributed by atoms with Gasteiger partial charge in [0.25, 0.3) is 0 Å². The van der Waals surface area contributed by atoms with Crippen LogP contribution in [0.25, 0.3) is 10.8 Å². The Kier molecular flexibility index (Phi) is 7.52. The summed E-state index contributed by atoms with van der Waals surface area (Å²) in [7, 11) is 0. The second-order valence-corrected chi connectivity index (χ2v) is 12.1. The van der Waals surface area contributed by atoms with E-state index in [1.54, 1.807) is 0 Å². The maximum Gasteiger partial charge on any atom is 0.318 e. The number of aromatic nitrogens is 2. The van der Waals surface area contributed by atoms with Crippen LogP contribution in [0.4, 0.5) is 11.5 Å². The molecule has 1 unspecified atom stereocenters. The molecule has 3 aromatic rings. The summed E-state index contributed by atoms with van der Waals surface area (Å²) in [5.41, 5.74) is 3.49. The molecule has 6 rings (SSSR count). The Balaban J connectivity index is 1.33. The van der Waals surface area contributed by atoms with Crippen LogP contribution in [-0.2, 0) is 13.0 Å². The Morgan fingerprint density at radius 3 is 2.80 bits per heavy atom. The monoisotopic (exact) mass is 539 g/mol. The zero-order valence-corrected chi connectivity index (χ0v) is 24.1. The van der Waals surface area contributed by atoms with Crippen LogP contribution in [0.5, 0.6) is 6.01 Å². The first-order chi connectivity index (χ1) is 19.4. The second-order valence-electron chi connectivity index (χ2n) is 12.1. The van der Waals surface area contributed by atoms with Gasteiger partial charge in [-0.05, 0) is 58.0 Å². The molecule has 0 saturated carbocycles. The van der Waals surface area contributed by atoms with E-state index in [2.05, 4.69) is 89.3 Å². The standard InChI is InChI=1S/C32H41N7O/c1-23(2)39-17-7-14-32(39,3)22-40-31-35-28-21-37(29-11-6-9-24-8-4-5-10-26(24)29)18-13-27(28)30(36-31)38-19-16-34-25(20-38)12-15-33/h4-6,8-11,23,25,34H,7,12-14,16-22H2,1-3H3/t25?,32-/m0/s1. The molecule has 0 spiro atoms. The average Bonchev–Trinajstić information content (AvgIpc) is 3.37. The molecule has 8 nitrogen and oxygen atoms in total.